The predicted octanol–water partition coefficient (Wildman–Crippen LogP) is 4.81. The summed E-state index contributed by atoms with van der Waals surface area (Å²) in [4.78, 5) is 16.4. The van der Waals surface area contributed by atoms with E-state index < -0.39 is 0 Å². The summed E-state index contributed by atoms with van der Waals surface area (Å²) in [6, 6.07) is 6.12. The zero-order valence-corrected chi connectivity index (χ0v) is 18.1. The lowest BCUT2D eigenvalue weighted by Crippen LogP contribution is -2.47. The monoisotopic (exact) mass is 427 g/mol. The third-order valence-corrected chi connectivity index (χ3v) is 6.75. The van der Waals surface area contributed by atoms with Crippen molar-refractivity contribution in [2.75, 3.05) is 44.2 Å². The van der Waals surface area contributed by atoms with E-state index in [1.54, 1.807) is 0 Å². The van der Waals surface area contributed by atoms with Crippen LogP contribution in [0.15, 0.2) is 18.2 Å². The standard InChI is InChI=1S/C21H31Cl2N3O2/c1-2-28-21(27)24-17-8-6-16(7-9-17)10-11-25-12-14-26(15-13-25)19-5-3-4-18(22)20(19)23/h3-5,16-17H,2,6-15H2,1H3,(H,24,27)/t16-,17-. The molecule has 1 aliphatic carbocycles. The molecule has 5 nitrogen and oxygen atoms in total. The molecular formula is C21H31Cl2N3O2. The minimum Gasteiger partial charge on any atom is -0.450 e. The van der Waals surface area contributed by atoms with Crippen LogP contribution in [-0.4, -0.2) is 56.4 Å². The molecule has 28 heavy (non-hydrogen) atoms. The van der Waals surface area contributed by atoms with E-state index >= 15 is 0 Å². The molecule has 1 aromatic rings. The highest BCUT2D eigenvalue weighted by molar-refractivity contribution is 6.43. The Morgan fingerprint density at radius 1 is 1.14 bits per heavy atom. The number of carbonyl (C=O) groups is 1. The van der Waals surface area contributed by atoms with E-state index in [-0.39, 0.29) is 12.1 Å². The van der Waals surface area contributed by atoms with Crippen LogP contribution in [0.4, 0.5) is 10.5 Å². The van der Waals surface area contributed by atoms with Crippen LogP contribution < -0.4 is 10.2 Å². The van der Waals surface area contributed by atoms with Crippen molar-refractivity contribution in [3.8, 4) is 0 Å². The Kier molecular flexibility index (Phi) is 8.12. The van der Waals surface area contributed by atoms with Gasteiger partial charge in [-0.05, 0) is 63.6 Å². The van der Waals surface area contributed by atoms with Gasteiger partial charge in [0.25, 0.3) is 0 Å². The molecule has 0 bridgehead atoms. The minimum atomic E-state index is -0.274. The van der Waals surface area contributed by atoms with E-state index in [1.807, 2.05) is 25.1 Å². The second-order valence-corrected chi connectivity index (χ2v) is 8.56. The lowest BCUT2D eigenvalue weighted by Gasteiger charge is -2.37. The van der Waals surface area contributed by atoms with Crippen LogP contribution in [0.3, 0.4) is 0 Å². The summed E-state index contributed by atoms with van der Waals surface area (Å²) in [6.45, 7) is 7.49. The van der Waals surface area contributed by atoms with Crippen LogP contribution in [0.1, 0.15) is 39.0 Å². The lowest BCUT2D eigenvalue weighted by molar-refractivity contribution is 0.141. The Balaban J connectivity index is 1.35. The zero-order valence-electron chi connectivity index (χ0n) is 16.6. The van der Waals surface area contributed by atoms with Gasteiger partial charge in [-0.3, -0.25) is 4.90 Å². The molecule has 2 fully saturated rings. The Hall–Kier alpha value is -1.17. The highest BCUT2D eigenvalue weighted by atomic mass is 35.5. The second-order valence-electron chi connectivity index (χ2n) is 7.77. The molecule has 7 heteroatoms. The zero-order chi connectivity index (χ0) is 19.9. The summed E-state index contributed by atoms with van der Waals surface area (Å²) in [7, 11) is 0. The summed E-state index contributed by atoms with van der Waals surface area (Å²) in [5.74, 6) is 0.764. The van der Waals surface area contributed by atoms with Gasteiger partial charge in [-0.2, -0.15) is 0 Å². The third-order valence-electron chi connectivity index (χ3n) is 5.94. The molecular weight excluding hydrogens is 397 g/mol. The summed E-state index contributed by atoms with van der Waals surface area (Å²) < 4.78 is 4.98. The van der Waals surface area contributed by atoms with Gasteiger partial charge < -0.3 is 15.0 Å². The predicted molar refractivity (Wildman–Crippen MR) is 116 cm³/mol. The number of hydrogen-bond donors (Lipinski definition) is 1. The molecule has 3 rings (SSSR count). The molecule has 2 aliphatic rings. The summed E-state index contributed by atoms with van der Waals surface area (Å²) in [6.07, 6.45) is 5.47. The maximum Gasteiger partial charge on any atom is 0.407 e. The fourth-order valence-electron chi connectivity index (χ4n) is 4.25. The summed E-state index contributed by atoms with van der Waals surface area (Å²) >= 11 is 12.5. The maximum absolute atomic E-state index is 11.5. The first kappa shape index (κ1) is 21.5. The van der Waals surface area contributed by atoms with E-state index in [0.717, 1.165) is 57.2 Å². The highest BCUT2D eigenvalue weighted by Crippen LogP contribution is 2.33. The van der Waals surface area contributed by atoms with Gasteiger partial charge in [-0.25, -0.2) is 4.79 Å². The number of nitrogens with one attached hydrogen (secondary N) is 1. The molecule has 1 aromatic carbocycles. The molecule has 156 valence electrons. The van der Waals surface area contributed by atoms with E-state index in [9.17, 15) is 4.79 Å². The Morgan fingerprint density at radius 3 is 2.54 bits per heavy atom. The second kappa shape index (κ2) is 10.6. The highest BCUT2D eigenvalue weighted by Gasteiger charge is 2.24. The molecule has 1 heterocycles. The Bertz CT molecular complexity index is 643. The molecule has 0 atom stereocenters. The number of nitrogens with zero attached hydrogens (tertiary/aromatic N) is 2. The van der Waals surface area contributed by atoms with Crippen LogP contribution in [0.2, 0.25) is 10.0 Å². The number of anilines is 1. The van der Waals surface area contributed by atoms with Gasteiger partial charge in [0, 0.05) is 32.2 Å². The van der Waals surface area contributed by atoms with E-state index in [2.05, 4.69) is 15.1 Å². The van der Waals surface area contributed by atoms with Crippen molar-refractivity contribution in [3.05, 3.63) is 28.2 Å². The van der Waals surface area contributed by atoms with Gasteiger partial charge in [0.2, 0.25) is 0 Å². The van der Waals surface area contributed by atoms with E-state index in [1.165, 1.54) is 19.3 Å². The molecule has 1 amide bonds. The number of alkyl carbamates (subject to hydrolysis) is 1. The minimum absolute atomic E-state index is 0.274. The van der Waals surface area contributed by atoms with E-state index in [4.69, 9.17) is 27.9 Å². The number of rotatable bonds is 6. The molecule has 1 aliphatic heterocycles. The van der Waals surface area contributed by atoms with Crippen molar-refractivity contribution in [1.29, 1.82) is 0 Å². The number of amides is 1. The number of ether oxygens (including phenoxy) is 1. The average molecular weight is 428 g/mol. The average Bonchev–Trinajstić information content (AvgIpc) is 2.70. The molecule has 0 unspecified atom stereocenters. The van der Waals surface area contributed by atoms with Crippen LogP contribution in [0.25, 0.3) is 0 Å². The molecule has 0 spiro atoms. The van der Waals surface area contributed by atoms with Crippen LogP contribution in [0, 0.1) is 5.92 Å². The van der Waals surface area contributed by atoms with Gasteiger partial charge in [0.1, 0.15) is 0 Å². The number of benzene rings is 1. The largest absolute Gasteiger partial charge is 0.450 e. The van der Waals surface area contributed by atoms with Crippen molar-refractivity contribution in [1.82, 2.24) is 10.2 Å². The van der Waals surface area contributed by atoms with Crippen LogP contribution in [-0.2, 0) is 4.74 Å². The molecule has 1 N–H and O–H groups in total. The number of halogens is 2. The first-order chi connectivity index (χ1) is 13.6. The fraction of sp³-hybridized carbons (Fsp3) is 0.667. The Labute approximate surface area is 178 Å². The molecule has 1 saturated carbocycles. The van der Waals surface area contributed by atoms with Crippen molar-refractivity contribution in [3.63, 3.8) is 0 Å². The maximum atomic E-state index is 11.5. The normalized spacial score (nSPS) is 23.5. The molecule has 0 aromatic heterocycles. The Morgan fingerprint density at radius 2 is 1.86 bits per heavy atom. The third kappa shape index (κ3) is 5.91. The van der Waals surface area contributed by atoms with Crippen molar-refractivity contribution >= 4 is 35.0 Å². The number of hydrogen-bond acceptors (Lipinski definition) is 4. The molecule has 1 saturated heterocycles. The summed E-state index contributed by atoms with van der Waals surface area (Å²) in [5, 5.41) is 4.26. The smallest absolute Gasteiger partial charge is 0.407 e. The number of carbonyl (C=O) groups excluding carboxylic acids is 1. The molecule has 0 radical (unpaired) electrons. The van der Waals surface area contributed by atoms with Crippen molar-refractivity contribution in [2.24, 2.45) is 5.92 Å². The number of piperazine rings is 1. The topological polar surface area (TPSA) is 44.8 Å². The summed E-state index contributed by atoms with van der Waals surface area (Å²) in [5.41, 5.74) is 1.04. The fourth-order valence-corrected chi connectivity index (χ4v) is 4.66. The van der Waals surface area contributed by atoms with Crippen LogP contribution in [0.5, 0.6) is 0 Å². The SMILES string of the molecule is CCOC(=O)N[C@H]1CC[C@H](CCN2CCN(c3cccc(Cl)c3Cl)CC2)CC1. The van der Waals surface area contributed by atoms with Crippen molar-refractivity contribution in [2.45, 2.75) is 45.1 Å². The van der Waals surface area contributed by atoms with Crippen molar-refractivity contribution < 1.29 is 9.53 Å². The first-order valence-electron chi connectivity index (χ1n) is 10.4. The van der Waals surface area contributed by atoms with Gasteiger partial charge in [-0.15, -0.1) is 0 Å². The van der Waals surface area contributed by atoms with Gasteiger partial charge in [0.05, 0.1) is 22.3 Å². The van der Waals surface area contributed by atoms with Gasteiger partial charge in [0.15, 0.2) is 0 Å². The lowest BCUT2D eigenvalue weighted by atomic mass is 9.84. The van der Waals surface area contributed by atoms with Crippen LogP contribution >= 0.6 is 23.2 Å². The van der Waals surface area contributed by atoms with E-state index in [0.29, 0.717) is 16.7 Å². The van der Waals surface area contributed by atoms with Gasteiger partial charge >= 0.3 is 6.09 Å². The van der Waals surface area contributed by atoms with Gasteiger partial charge in [-0.1, -0.05) is 29.3 Å². The first-order valence-corrected chi connectivity index (χ1v) is 11.2. The quantitative estimate of drug-likeness (QED) is 0.706.